The fourth-order valence-corrected chi connectivity index (χ4v) is 1.94. The minimum atomic E-state index is -0.748. The van der Waals surface area contributed by atoms with Crippen LogP contribution in [0.1, 0.15) is 13.3 Å². The molecular weight excluding hydrogens is 325 g/mol. The lowest BCUT2D eigenvalue weighted by Crippen LogP contribution is -2.15. The first-order chi connectivity index (χ1) is 7.11. The van der Waals surface area contributed by atoms with E-state index in [1.807, 2.05) is 6.92 Å². The highest BCUT2D eigenvalue weighted by Gasteiger charge is 2.06. The summed E-state index contributed by atoms with van der Waals surface area (Å²) >= 11 is 2.18. The predicted octanol–water partition coefficient (Wildman–Crippen LogP) is 1.65. The van der Waals surface area contributed by atoms with Crippen LogP contribution in [0.5, 0.6) is 0 Å². The lowest BCUT2D eigenvalue weighted by Gasteiger charge is -2.10. The first-order valence-corrected chi connectivity index (χ1v) is 7.33. The van der Waals surface area contributed by atoms with Crippen molar-refractivity contribution in [3.8, 4) is 0 Å². The Morgan fingerprint density at radius 1 is 1.67 bits per heavy atom. The molecule has 2 atom stereocenters. The summed E-state index contributed by atoms with van der Waals surface area (Å²) < 4.78 is 12.1. The van der Waals surface area contributed by atoms with Crippen molar-refractivity contribution in [2.45, 2.75) is 18.6 Å². The minimum Gasteiger partial charge on any atom is -0.369 e. The van der Waals surface area contributed by atoms with Gasteiger partial charge in [0.15, 0.2) is 0 Å². The summed E-state index contributed by atoms with van der Waals surface area (Å²) in [5, 5.41) is 3.43. The summed E-state index contributed by atoms with van der Waals surface area (Å²) in [6, 6.07) is 0. The molecule has 0 amide bonds. The number of aromatic nitrogens is 2. The van der Waals surface area contributed by atoms with E-state index in [0.717, 1.165) is 22.4 Å². The first kappa shape index (κ1) is 12.8. The van der Waals surface area contributed by atoms with Gasteiger partial charge in [0.05, 0.1) is 3.57 Å². The highest BCUT2D eigenvalue weighted by molar-refractivity contribution is 14.1. The third kappa shape index (κ3) is 4.42. The van der Waals surface area contributed by atoms with Crippen molar-refractivity contribution in [2.24, 2.45) is 0 Å². The second-order valence-electron chi connectivity index (χ2n) is 3.24. The molecule has 0 fully saturated rings. The molecule has 1 heterocycles. The standard InChI is InChI=1S/C9H14IN3OS/c1-7(15(2)14)3-4-12-9-8(10)5-11-6-13-9/h5-7H,3-4H2,1-2H3,(H,11,12,13). The van der Waals surface area contributed by atoms with Gasteiger partial charge in [0.2, 0.25) is 0 Å². The largest absolute Gasteiger partial charge is 0.369 e. The molecule has 0 aliphatic carbocycles. The Hall–Kier alpha value is -0.240. The Kier molecular flexibility index (Phi) is 5.44. The van der Waals surface area contributed by atoms with Gasteiger partial charge in [-0.05, 0) is 29.0 Å². The Morgan fingerprint density at radius 3 is 3.00 bits per heavy atom. The lowest BCUT2D eigenvalue weighted by atomic mass is 10.3. The second-order valence-corrected chi connectivity index (χ2v) is 6.21. The van der Waals surface area contributed by atoms with E-state index in [0.29, 0.717) is 0 Å². The molecule has 6 heteroatoms. The van der Waals surface area contributed by atoms with Gasteiger partial charge in [-0.15, -0.1) is 0 Å². The van der Waals surface area contributed by atoms with E-state index in [4.69, 9.17) is 0 Å². The molecule has 1 rings (SSSR count). The number of hydrogen-bond acceptors (Lipinski definition) is 4. The maximum absolute atomic E-state index is 11.1. The molecule has 0 aliphatic rings. The highest BCUT2D eigenvalue weighted by atomic mass is 127. The molecule has 1 N–H and O–H groups in total. The summed E-state index contributed by atoms with van der Waals surface area (Å²) in [5.41, 5.74) is 0. The van der Waals surface area contributed by atoms with Crippen LogP contribution in [0.15, 0.2) is 12.5 Å². The van der Waals surface area contributed by atoms with Crippen LogP contribution < -0.4 is 5.32 Å². The van der Waals surface area contributed by atoms with Crippen molar-refractivity contribution in [3.05, 3.63) is 16.1 Å². The van der Waals surface area contributed by atoms with Gasteiger partial charge in [0.1, 0.15) is 12.1 Å². The summed E-state index contributed by atoms with van der Waals surface area (Å²) in [4.78, 5) is 8.02. The molecule has 0 radical (unpaired) electrons. The molecule has 0 spiro atoms. The summed E-state index contributed by atoms with van der Waals surface area (Å²) in [7, 11) is -0.748. The van der Waals surface area contributed by atoms with Crippen LogP contribution >= 0.6 is 22.6 Å². The van der Waals surface area contributed by atoms with Crippen molar-refractivity contribution in [1.82, 2.24) is 9.97 Å². The van der Waals surface area contributed by atoms with Gasteiger partial charge in [0, 0.05) is 35.0 Å². The molecule has 0 aliphatic heterocycles. The van der Waals surface area contributed by atoms with Crippen molar-refractivity contribution in [2.75, 3.05) is 18.1 Å². The molecular formula is C9H14IN3OS. The molecule has 1 aromatic heterocycles. The fourth-order valence-electron chi connectivity index (χ4n) is 1.00. The van der Waals surface area contributed by atoms with E-state index in [1.165, 1.54) is 6.33 Å². The van der Waals surface area contributed by atoms with E-state index >= 15 is 0 Å². The van der Waals surface area contributed by atoms with Crippen LogP contribution in [0, 0.1) is 3.57 Å². The minimum absolute atomic E-state index is 0.219. The normalized spacial score (nSPS) is 14.6. The second kappa shape index (κ2) is 6.37. The number of rotatable bonds is 5. The van der Waals surface area contributed by atoms with Gasteiger partial charge in [-0.25, -0.2) is 9.97 Å². The number of halogens is 1. The quantitative estimate of drug-likeness (QED) is 0.829. The summed E-state index contributed by atoms with van der Waals surface area (Å²) in [6.45, 7) is 2.77. The van der Waals surface area contributed by atoms with Gasteiger partial charge in [-0.1, -0.05) is 6.92 Å². The zero-order valence-electron chi connectivity index (χ0n) is 8.74. The van der Waals surface area contributed by atoms with Gasteiger partial charge in [-0.2, -0.15) is 0 Å². The molecule has 84 valence electrons. The van der Waals surface area contributed by atoms with Crippen LogP contribution in [-0.2, 0) is 10.8 Å². The molecule has 0 bridgehead atoms. The number of nitrogens with zero attached hydrogens (tertiary/aromatic N) is 2. The fraction of sp³-hybridized carbons (Fsp3) is 0.556. The Labute approximate surface area is 106 Å². The van der Waals surface area contributed by atoms with Crippen LogP contribution in [0.3, 0.4) is 0 Å². The van der Waals surface area contributed by atoms with Gasteiger partial charge in [0.25, 0.3) is 0 Å². The molecule has 0 aromatic carbocycles. The zero-order valence-corrected chi connectivity index (χ0v) is 11.7. The van der Waals surface area contributed by atoms with Crippen LogP contribution in [-0.4, -0.2) is 32.2 Å². The Morgan fingerprint density at radius 2 is 2.40 bits per heavy atom. The third-order valence-corrected chi connectivity index (χ3v) is 4.24. The predicted molar refractivity (Wildman–Crippen MR) is 71.4 cm³/mol. The molecule has 2 unspecified atom stereocenters. The zero-order chi connectivity index (χ0) is 11.3. The Balaban J connectivity index is 2.38. The SMILES string of the molecule is CC(CCNc1ncncc1I)S(C)=O. The van der Waals surface area contributed by atoms with Crippen molar-refractivity contribution < 1.29 is 4.21 Å². The number of nitrogens with one attached hydrogen (secondary N) is 1. The van der Waals surface area contributed by atoms with E-state index in [-0.39, 0.29) is 5.25 Å². The molecule has 4 nitrogen and oxygen atoms in total. The van der Waals surface area contributed by atoms with Crippen LogP contribution in [0.2, 0.25) is 0 Å². The van der Waals surface area contributed by atoms with Crippen LogP contribution in [0.25, 0.3) is 0 Å². The molecule has 0 saturated carbocycles. The first-order valence-electron chi connectivity index (χ1n) is 4.63. The topological polar surface area (TPSA) is 54.9 Å². The van der Waals surface area contributed by atoms with Crippen molar-refractivity contribution in [3.63, 3.8) is 0 Å². The maximum Gasteiger partial charge on any atom is 0.142 e. The molecule has 0 saturated heterocycles. The highest BCUT2D eigenvalue weighted by Crippen LogP contribution is 2.12. The van der Waals surface area contributed by atoms with Crippen LogP contribution in [0.4, 0.5) is 5.82 Å². The summed E-state index contributed by atoms with van der Waals surface area (Å²) in [6.07, 6.45) is 5.89. The van der Waals surface area contributed by atoms with E-state index in [9.17, 15) is 4.21 Å². The average Bonchev–Trinajstić information content (AvgIpc) is 2.20. The van der Waals surface area contributed by atoms with Gasteiger partial charge >= 0.3 is 0 Å². The monoisotopic (exact) mass is 339 g/mol. The number of anilines is 1. The van der Waals surface area contributed by atoms with Crippen molar-refractivity contribution in [1.29, 1.82) is 0 Å². The third-order valence-electron chi connectivity index (χ3n) is 2.08. The van der Waals surface area contributed by atoms with E-state index < -0.39 is 10.8 Å². The van der Waals surface area contributed by atoms with E-state index in [2.05, 4.69) is 37.9 Å². The molecule has 15 heavy (non-hydrogen) atoms. The van der Waals surface area contributed by atoms with Crippen molar-refractivity contribution >= 4 is 39.2 Å². The maximum atomic E-state index is 11.1. The Bertz CT molecular complexity index is 348. The number of hydrogen-bond donors (Lipinski definition) is 1. The lowest BCUT2D eigenvalue weighted by molar-refractivity contribution is 0.672. The van der Waals surface area contributed by atoms with E-state index in [1.54, 1.807) is 12.5 Å². The molecule has 1 aromatic rings. The average molecular weight is 339 g/mol. The van der Waals surface area contributed by atoms with Gasteiger partial charge < -0.3 is 5.32 Å². The smallest absolute Gasteiger partial charge is 0.142 e. The summed E-state index contributed by atoms with van der Waals surface area (Å²) in [5.74, 6) is 0.847. The van der Waals surface area contributed by atoms with Gasteiger partial charge in [-0.3, -0.25) is 4.21 Å².